The molecule has 0 radical (unpaired) electrons. The van der Waals surface area contributed by atoms with E-state index < -0.39 is 0 Å². The van der Waals surface area contributed by atoms with Crippen LogP contribution in [0.3, 0.4) is 0 Å². The molecule has 62 valence electrons. The molecule has 1 unspecified atom stereocenters. The molecule has 1 atom stereocenters. The molecule has 2 aliphatic heterocycles. The summed E-state index contributed by atoms with van der Waals surface area (Å²) in [7, 11) is 0. The van der Waals surface area contributed by atoms with Crippen molar-refractivity contribution in [2.45, 2.75) is 32.2 Å². The van der Waals surface area contributed by atoms with Gasteiger partial charge in [-0.05, 0) is 31.9 Å². The predicted molar refractivity (Wildman–Crippen MR) is 46.1 cm³/mol. The number of hydrogen-bond donors (Lipinski definition) is 1. The maximum absolute atomic E-state index is 5.89. The van der Waals surface area contributed by atoms with E-state index in [0.717, 1.165) is 24.7 Å². The lowest BCUT2D eigenvalue weighted by Gasteiger charge is -2.30. The first-order valence-electron chi connectivity index (χ1n) is 4.45. The van der Waals surface area contributed by atoms with Gasteiger partial charge in [0, 0.05) is 24.7 Å². The summed E-state index contributed by atoms with van der Waals surface area (Å²) in [6, 6.07) is 0.777. The molecule has 0 amide bonds. The molecular weight excluding hydrogens is 136 g/mol. The topological polar surface area (TPSA) is 29.3 Å². The summed E-state index contributed by atoms with van der Waals surface area (Å²) >= 11 is 0. The highest BCUT2D eigenvalue weighted by Crippen LogP contribution is 2.27. The second kappa shape index (κ2) is 2.52. The molecule has 0 aromatic rings. The third-order valence-corrected chi connectivity index (χ3v) is 2.94. The van der Waals surface area contributed by atoms with Crippen LogP contribution in [0, 0.1) is 0 Å². The summed E-state index contributed by atoms with van der Waals surface area (Å²) in [4.78, 5) is 2.56. The van der Waals surface area contributed by atoms with Gasteiger partial charge in [0.15, 0.2) is 0 Å². The van der Waals surface area contributed by atoms with Crippen molar-refractivity contribution in [3.05, 3.63) is 11.3 Å². The van der Waals surface area contributed by atoms with E-state index in [4.69, 9.17) is 5.73 Å². The molecular formula is C9H16N2. The number of fused-ring (bicyclic) bond motifs is 1. The third kappa shape index (κ3) is 1.16. The Hall–Kier alpha value is -0.500. The molecule has 2 nitrogen and oxygen atoms in total. The van der Waals surface area contributed by atoms with E-state index in [9.17, 15) is 0 Å². The standard InChI is InChI=1S/C9H16N2/c1-7-6-11-4-2-3-8(11)5-9(7)10/h8H,2-6,10H2,1H3. The van der Waals surface area contributed by atoms with Gasteiger partial charge < -0.3 is 5.73 Å². The Kier molecular flexibility index (Phi) is 1.64. The Labute approximate surface area is 68.1 Å². The fourth-order valence-electron chi connectivity index (χ4n) is 2.17. The molecule has 0 aromatic carbocycles. The van der Waals surface area contributed by atoms with Gasteiger partial charge >= 0.3 is 0 Å². The second-order valence-electron chi connectivity index (χ2n) is 3.78. The minimum absolute atomic E-state index is 0.777. The molecule has 2 aliphatic rings. The van der Waals surface area contributed by atoms with Gasteiger partial charge in [0.1, 0.15) is 0 Å². The van der Waals surface area contributed by atoms with Crippen molar-refractivity contribution in [3.63, 3.8) is 0 Å². The molecule has 0 aliphatic carbocycles. The van der Waals surface area contributed by atoms with Crippen LogP contribution < -0.4 is 5.73 Å². The van der Waals surface area contributed by atoms with E-state index in [0.29, 0.717) is 0 Å². The Morgan fingerprint density at radius 3 is 3.18 bits per heavy atom. The van der Waals surface area contributed by atoms with Crippen molar-refractivity contribution < 1.29 is 0 Å². The zero-order valence-corrected chi connectivity index (χ0v) is 7.14. The predicted octanol–water partition coefficient (Wildman–Crippen LogP) is 1.09. The fourth-order valence-corrected chi connectivity index (χ4v) is 2.17. The maximum Gasteiger partial charge on any atom is 0.0213 e. The van der Waals surface area contributed by atoms with Crippen molar-refractivity contribution in [2.24, 2.45) is 5.73 Å². The van der Waals surface area contributed by atoms with Crippen LogP contribution in [0.1, 0.15) is 26.2 Å². The Morgan fingerprint density at radius 2 is 2.36 bits per heavy atom. The van der Waals surface area contributed by atoms with Crippen LogP contribution in [0.25, 0.3) is 0 Å². The van der Waals surface area contributed by atoms with Gasteiger partial charge in [0.2, 0.25) is 0 Å². The van der Waals surface area contributed by atoms with E-state index in [1.807, 2.05) is 0 Å². The summed E-state index contributed by atoms with van der Waals surface area (Å²) in [5.41, 5.74) is 8.43. The van der Waals surface area contributed by atoms with E-state index in [1.165, 1.54) is 25.0 Å². The average molecular weight is 152 g/mol. The highest BCUT2D eigenvalue weighted by Gasteiger charge is 2.28. The number of rotatable bonds is 0. The molecule has 1 fully saturated rings. The highest BCUT2D eigenvalue weighted by molar-refractivity contribution is 5.16. The van der Waals surface area contributed by atoms with Crippen molar-refractivity contribution in [2.75, 3.05) is 13.1 Å². The number of nitrogens with two attached hydrogens (primary N) is 1. The molecule has 2 rings (SSSR count). The summed E-state index contributed by atoms with van der Waals surface area (Å²) in [5.74, 6) is 0. The molecule has 0 saturated carbocycles. The van der Waals surface area contributed by atoms with Crippen LogP contribution in [-0.2, 0) is 0 Å². The average Bonchev–Trinajstić information content (AvgIpc) is 2.36. The van der Waals surface area contributed by atoms with Gasteiger partial charge in [-0.15, -0.1) is 0 Å². The van der Waals surface area contributed by atoms with E-state index in [-0.39, 0.29) is 0 Å². The largest absolute Gasteiger partial charge is 0.402 e. The molecule has 1 saturated heterocycles. The molecule has 2 heteroatoms. The molecule has 0 aromatic heterocycles. The number of nitrogens with zero attached hydrogens (tertiary/aromatic N) is 1. The van der Waals surface area contributed by atoms with Gasteiger partial charge in [-0.3, -0.25) is 4.90 Å². The summed E-state index contributed by atoms with van der Waals surface area (Å²) in [6.07, 6.45) is 3.84. The third-order valence-electron chi connectivity index (χ3n) is 2.94. The Morgan fingerprint density at radius 1 is 1.55 bits per heavy atom. The fraction of sp³-hybridized carbons (Fsp3) is 0.778. The summed E-state index contributed by atoms with van der Waals surface area (Å²) in [5, 5.41) is 0. The highest BCUT2D eigenvalue weighted by atomic mass is 15.2. The zero-order valence-electron chi connectivity index (χ0n) is 7.14. The summed E-state index contributed by atoms with van der Waals surface area (Å²) in [6.45, 7) is 4.57. The Balaban J connectivity index is 2.14. The van der Waals surface area contributed by atoms with Crippen LogP contribution in [-0.4, -0.2) is 24.0 Å². The van der Waals surface area contributed by atoms with Crippen LogP contribution >= 0.6 is 0 Å². The van der Waals surface area contributed by atoms with Gasteiger partial charge in [0.05, 0.1) is 0 Å². The first-order valence-corrected chi connectivity index (χ1v) is 4.45. The molecule has 0 bridgehead atoms. The van der Waals surface area contributed by atoms with E-state index in [2.05, 4.69) is 11.8 Å². The lowest BCUT2D eigenvalue weighted by Crippen LogP contribution is -2.36. The van der Waals surface area contributed by atoms with Gasteiger partial charge in [-0.1, -0.05) is 0 Å². The second-order valence-corrected chi connectivity index (χ2v) is 3.78. The van der Waals surface area contributed by atoms with E-state index >= 15 is 0 Å². The lowest BCUT2D eigenvalue weighted by atomic mass is 10.0. The molecule has 2 N–H and O–H groups in total. The Bertz CT molecular complexity index is 176. The van der Waals surface area contributed by atoms with Crippen molar-refractivity contribution >= 4 is 0 Å². The van der Waals surface area contributed by atoms with Crippen molar-refractivity contribution in [3.8, 4) is 0 Å². The quantitative estimate of drug-likeness (QED) is 0.563. The molecule has 0 spiro atoms. The zero-order chi connectivity index (χ0) is 7.84. The van der Waals surface area contributed by atoms with Crippen LogP contribution in [0.15, 0.2) is 11.3 Å². The van der Waals surface area contributed by atoms with Gasteiger partial charge in [0.25, 0.3) is 0 Å². The minimum Gasteiger partial charge on any atom is -0.402 e. The first-order chi connectivity index (χ1) is 5.27. The monoisotopic (exact) mass is 152 g/mol. The lowest BCUT2D eigenvalue weighted by molar-refractivity contribution is 0.256. The number of hydrogen-bond acceptors (Lipinski definition) is 2. The van der Waals surface area contributed by atoms with Crippen molar-refractivity contribution in [1.82, 2.24) is 4.90 Å². The smallest absolute Gasteiger partial charge is 0.0213 e. The maximum atomic E-state index is 5.89. The van der Waals surface area contributed by atoms with Crippen LogP contribution in [0.2, 0.25) is 0 Å². The van der Waals surface area contributed by atoms with Crippen LogP contribution in [0.4, 0.5) is 0 Å². The minimum atomic E-state index is 0.777. The summed E-state index contributed by atoms with van der Waals surface area (Å²) < 4.78 is 0. The first kappa shape index (κ1) is 7.17. The van der Waals surface area contributed by atoms with Gasteiger partial charge in [-0.25, -0.2) is 0 Å². The molecule has 11 heavy (non-hydrogen) atoms. The molecule has 2 heterocycles. The van der Waals surface area contributed by atoms with Gasteiger partial charge in [-0.2, -0.15) is 0 Å². The van der Waals surface area contributed by atoms with E-state index in [1.54, 1.807) is 0 Å². The normalized spacial score (nSPS) is 32.6. The van der Waals surface area contributed by atoms with Crippen molar-refractivity contribution in [1.29, 1.82) is 0 Å². The SMILES string of the molecule is CC1=C(N)CC2CCCN2C1. The van der Waals surface area contributed by atoms with Crippen LogP contribution in [0.5, 0.6) is 0 Å².